The molecule has 1 aromatic carbocycles. The number of hydrogen-bond donors (Lipinski definition) is 2. The van der Waals surface area contributed by atoms with Crippen LogP contribution in [0.2, 0.25) is 5.02 Å². The molecule has 4 nitrogen and oxygen atoms in total. The van der Waals surface area contributed by atoms with E-state index in [1.165, 1.54) is 6.07 Å². The molecule has 2 N–H and O–H groups in total. The number of phenolic OH excluding ortho intramolecular Hbond substituents is 2. The number of aromatic hydroxyl groups is 2. The van der Waals surface area contributed by atoms with E-state index in [0.29, 0.717) is 0 Å². The maximum Gasteiger partial charge on any atom is 0.161 e. The fraction of sp³-hybridized carbons (Fsp3) is 0.143. The Labute approximate surface area is 82.1 Å². The smallest absolute Gasteiger partial charge is 0.161 e. The first-order valence-corrected chi connectivity index (χ1v) is 4.89. The third-order valence-corrected chi connectivity index (χ3v) is 2.17. The monoisotopic (exact) mass is 221 g/mol. The second-order valence-electron chi connectivity index (χ2n) is 2.38. The maximum atomic E-state index is 10.3. The summed E-state index contributed by atoms with van der Waals surface area (Å²) in [6.07, 6.45) is 0. The van der Waals surface area contributed by atoms with Gasteiger partial charge in [-0.2, -0.15) is 0 Å². The molecule has 1 rings (SSSR count). The summed E-state index contributed by atoms with van der Waals surface area (Å²) in [4.78, 5) is 0. The van der Waals surface area contributed by atoms with Gasteiger partial charge in [-0.25, -0.2) is 0 Å². The van der Waals surface area contributed by atoms with Gasteiger partial charge in [0.25, 0.3) is 0 Å². The Morgan fingerprint density at radius 2 is 2.08 bits per heavy atom. The fourth-order valence-corrected chi connectivity index (χ4v) is 1.59. The first kappa shape index (κ1) is 10.3. The van der Waals surface area contributed by atoms with E-state index in [1.54, 1.807) is 0 Å². The largest absolute Gasteiger partial charge is 0.772 e. The lowest BCUT2D eigenvalue weighted by Gasteiger charge is -2.08. The van der Waals surface area contributed by atoms with Gasteiger partial charge in [-0.15, -0.1) is 0 Å². The van der Waals surface area contributed by atoms with Crippen LogP contribution in [-0.4, -0.2) is 19.0 Å². The first-order chi connectivity index (χ1) is 6.00. The third-order valence-electron chi connectivity index (χ3n) is 1.41. The van der Waals surface area contributed by atoms with Crippen molar-refractivity contribution in [3.63, 3.8) is 0 Å². The number of halogens is 1. The number of benzene rings is 1. The molecule has 0 aliphatic rings. The van der Waals surface area contributed by atoms with Crippen LogP contribution < -0.4 is 0 Å². The molecule has 0 aromatic heterocycles. The molecule has 72 valence electrons. The molecule has 0 saturated carbocycles. The molecule has 13 heavy (non-hydrogen) atoms. The van der Waals surface area contributed by atoms with Crippen LogP contribution in [-0.2, 0) is 16.8 Å². The summed E-state index contributed by atoms with van der Waals surface area (Å²) in [5, 5.41) is 18.4. The van der Waals surface area contributed by atoms with Crippen molar-refractivity contribution < 1.29 is 19.0 Å². The molecule has 0 aliphatic carbocycles. The molecular weight excluding hydrogens is 216 g/mol. The zero-order valence-corrected chi connectivity index (χ0v) is 7.93. The zero-order chi connectivity index (χ0) is 10.0. The molecular formula is C7H6ClO4S-. The minimum absolute atomic E-state index is 0.0818. The van der Waals surface area contributed by atoms with Gasteiger partial charge < -0.3 is 14.8 Å². The van der Waals surface area contributed by atoms with Gasteiger partial charge in [0.05, 0.1) is 0 Å². The quantitative estimate of drug-likeness (QED) is 0.580. The van der Waals surface area contributed by atoms with Gasteiger partial charge in [0, 0.05) is 22.4 Å². The van der Waals surface area contributed by atoms with Crippen LogP contribution in [0.15, 0.2) is 12.1 Å². The van der Waals surface area contributed by atoms with Gasteiger partial charge in [-0.3, -0.25) is 4.21 Å². The van der Waals surface area contributed by atoms with Crippen molar-refractivity contribution in [1.29, 1.82) is 0 Å². The van der Waals surface area contributed by atoms with Crippen molar-refractivity contribution in [2.75, 3.05) is 0 Å². The second-order valence-corrected chi connectivity index (χ2v) is 3.71. The maximum absolute atomic E-state index is 10.3. The summed E-state index contributed by atoms with van der Waals surface area (Å²) in [7, 11) is 0. The van der Waals surface area contributed by atoms with E-state index in [-0.39, 0.29) is 16.3 Å². The van der Waals surface area contributed by atoms with Crippen molar-refractivity contribution in [2.24, 2.45) is 0 Å². The highest BCUT2D eigenvalue weighted by Gasteiger charge is 2.08. The molecule has 6 heteroatoms. The van der Waals surface area contributed by atoms with E-state index >= 15 is 0 Å². The van der Waals surface area contributed by atoms with E-state index in [4.69, 9.17) is 16.7 Å². The minimum Gasteiger partial charge on any atom is -0.772 e. The highest BCUT2D eigenvalue weighted by Crippen LogP contribution is 2.32. The summed E-state index contributed by atoms with van der Waals surface area (Å²) in [5.74, 6) is -1.25. The van der Waals surface area contributed by atoms with E-state index in [9.17, 15) is 13.9 Å². The standard InChI is InChI=1S/C7H7ClO4S/c8-5-1-4(3-13(11)12)7(10)6(9)2-5/h1-2,9-10H,3H2,(H,11,12)/p-1. The van der Waals surface area contributed by atoms with Gasteiger partial charge in [-0.05, 0) is 6.07 Å². The molecule has 0 heterocycles. The Morgan fingerprint density at radius 1 is 1.46 bits per heavy atom. The predicted octanol–water partition coefficient (Wildman–Crippen LogP) is 1.13. The Bertz CT molecular complexity index is 353. The molecule has 1 unspecified atom stereocenters. The van der Waals surface area contributed by atoms with Crippen molar-refractivity contribution in [2.45, 2.75) is 5.75 Å². The van der Waals surface area contributed by atoms with E-state index in [2.05, 4.69) is 0 Å². The normalized spacial score (nSPS) is 12.8. The van der Waals surface area contributed by atoms with E-state index < -0.39 is 22.6 Å². The first-order valence-electron chi connectivity index (χ1n) is 3.27. The minimum atomic E-state index is -2.32. The topological polar surface area (TPSA) is 80.6 Å². The molecule has 0 amide bonds. The Balaban J connectivity index is 3.12. The Kier molecular flexibility index (Phi) is 3.13. The van der Waals surface area contributed by atoms with E-state index in [0.717, 1.165) is 6.07 Å². The molecule has 1 atom stereocenters. The van der Waals surface area contributed by atoms with Crippen molar-refractivity contribution >= 4 is 22.7 Å². The summed E-state index contributed by atoms with van der Waals surface area (Å²) in [6.45, 7) is 0. The van der Waals surface area contributed by atoms with Crippen LogP contribution >= 0.6 is 11.6 Å². The number of hydrogen-bond acceptors (Lipinski definition) is 4. The van der Waals surface area contributed by atoms with Crippen LogP contribution in [0.3, 0.4) is 0 Å². The number of rotatable bonds is 2. The Hall–Kier alpha value is -0.780. The zero-order valence-electron chi connectivity index (χ0n) is 6.36. The van der Waals surface area contributed by atoms with Crippen LogP contribution in [0.1, 0.15) is 5.56 Å². The van der Waals surface area contributed by atoms with Crippen molar-refractivity contribution in [3.05, 3.63) is 22.7 Å². The summed E-state index contributed by atoms with van der Waals surface area (Å²) in [5.41, 5.74) is 0.0818. The van der Waals surface area contributed by atoms with Gasteiger partial charge in [0.1, 0.15) is 0 Å². The van der Waals surface area contributed by atoms with Gasteiger partial charge in [0.2, 0.25) is 0 Å². The number of phenols is 2. The fourth-order valence-electron chi connectivity index (χ4n) is 0.877. The lowest BCUT2D eigenvalue weighted by molar-refractivity contribution is 0.400. The molecule has 1 aromatic rings. The highest BCUT2D eigenvalue weighted by atomic mass is 35.5. The van der Waals surface area contributed by atoms with Crippen LogP contribution in [0.25, 0.3) is 0 Å². The lowest BCUT2D eigenvalue weighted by Crippen LogP contribution is -1.93. The molecule has 0 bridgehead atoms. The van der Waals surface area contributed by atoms with Crippen LogP contribution in [0.4, 0.5) is 0 Å². The molecule has 0 radical (unpaired) electrons. The van der Waals surface area contributed by atoms with Gasteiger partial charge in [0.15, 0.2) is 11.5 Å². The molecule has 0 spiro atoms. The summed E-state index contributed by atoms with van der Waals surface area (Å²) < 4.78 is 20.6. The molecule has 0 aliphatic heterocycles. The SMILES string of the molecule is O=S([O-])Cc1cc(Cl)cc(O)c1O. The Morgan fingerprint density at radius 3 is 2.62 bits per heavy atom. The predicted molar refractivity (Wildman–Crippen MR) is 47.4 cm³/mol. The van der Waals surface area contributed by atoms with Crippen LogP contribution in [0.5, 0.6) is 11.5 Å². The average molecular weight is 222 g/mol. The molecule has 0 fully saturated rings. The van der Waals surface area contributed by atoms with Crippen molar-refractivity contribution in [3.8, 4) is 11.5 Å². The van der Waals surface area contributed by atoms with Gasteiger partial charge in [-0.1, -0.05) is 22.7 Å². The van der Waals surface area contributed by atoms with Crippen molar-refractivity contribution in [1.82, 2.24) is 0 Å². The average Bonchev–Trinajstić information content (AvgIpc) is 1.98. The summed E-state index contributed by atoms with van der Waals surface area (Å²) >= 11 is 3.21. The van der Waals surface area contributed by atoms with Crippen LogP contribution in [0, 0.1) is 0 Å². The third kappa shape index (κ3) is 2.58. The second kappa shape index (κ2) is 3.95. The van der Waals surface area contributed by atoms with E-state index in [1.807, 2.05) is 0 Å². The highest BCUT2D eigenvalue weighted by molar-refractivity contribution is 7.78. The summed E-state index contributed by atoms with van der Waals surface area (Å²) in [6, 6.07) is 2.42. The van der Waals surface area contributed by atoms with Gasteiger partial charge >= 0.3 is 0 Å². The molecule has 0 saturated heterocycles. The lowest BCUT2D eigenvalue weighted by atomic mass is 10.2.